The van der Waals surface area contributed by atoms with Gasteiger partial charge < -0.3 is 5.11 Å². The molecule has 1 N–H and O–H groups in total. The number of aliphatic carboxylic acids is 1. The lowest BCUT2D eigenvalue weighted by Crippen LogP contribution is -2.03. The van der Waals surface area contributed by atoms with E-state index in [9.17, 15) is 4.79 Å². The van der Waals surface area contributed by atoms with Crippen LogP contribution in [0, 0.1) is 5.92 Å². The monoisotopic (exact) mass is 264 g/mol. The summed E-state index contributed by atoms with van der Waals surface area (Å²) in [7, 11) is 0. The van der Waals surface area contributed by atoms with Crippen LogP contribution < -0.4 is 0 Å². The van der Waals surface area contributed by atoms with Crippen LogP contribution in [0.2, 0.25) is 5.02 Å². The Labute approximate surface area is 102 Å². The van der Waals surface area contributed by atoms with E-state index in [0.717, 1.165) is 5.56 Å². The van der Waals surface area contributed by atoms with Gasteiger partial charge in [-0.15, -0.1) is 0 Å². The van der Waals surface area contributed by atoms with Gasteiger partial charge in [-0.05, 0) is 17.7 Å². The zero-order valence-electron chi connectivity index (χ0n) is 7.45. The number of halogens is 3. The van der Waals surface area contributed by atoms with E-state index in [1.807, 2.05) is 0 Å². The smallest absolute Gasteiger partial charge is 0.310 e. The fourth-order valence-electron chi connectivity index (χ4n) is 1.75. The van der Waals surface area contributed by atoms with Crippen LogP contribution in [0.4, 0.5) is 0 Å². The Balaban J connectivity index is 2.31. The number of hydrogen-bond donors (Lipinski definition) is 1. The normalized spacial score (nSPS) is 27.4. The molecule has 2 nitrogen and oxygen atoms in total. The number of alkyl halides is 2. The van der Waals surface area contributed by atoms with Crippen LogP contribution >= 0.6 is 34.8 Å². The van der Waals surface area contributed by atoms with Crippen LogP contribution in [0.25, 0.3) is 0 Å². The van der Waals surface area contributed by atoms with Gasteiger partial charge >= 0.3 is 5.97 Å². The molecule has 0 amide bonds. The van der Waals surface area contributed by atoms with Gasteiger partial charge in [-0.2, -0.15) is 0 Å². The molecule has 0 saturated heterocycles. The van der Waals surface area contributed by atoms with E-state index in [0.29, 0.717) is 5.02 Å². The predicted molar refractivity (Wildman–Crippen MR) is 59.8 cm³/mol. The molecule has 0 aliphatic heterocycles. The van der Waals surface area contributed by atoms with Crippen LogP contribution in [0.3, 0.4) is 0 Å². The molecule has 2 atom stereocenters. The standard InChI is InChI=1S/C10H7Cl3O2/c11-6-3-1-2-5(4-6)7-8(9(14)15)10(7,12)13/h1-4,7-8H,(H,14,15)/t7-,8+/m0/s1. The second-order valence-electron chi connectivity index (χ2n) is 3.52. The van der Waals surface area contributed by atoms with Gasteiger partial charge in [0.2, 0.25) is 0 Å². The van der Waals surface area contributed by atoms with Gasteiger partial charge in [-0.25, -0.2) is 0 Å². The van der Waals surface area contributed by atoms with Crippen molar-refractivity contribution in [2.75, 3.05) is 0 Å². The maximum Gasteiger partial charge on any atom is 0.310 e. The highest BCUT2D eigenvalue weighted by atomic mass is 35.5. The molecule has 1 aliphatic rings. The van der Waals surface area contributed by atoms with E-state index in [1.165, 1.54) is 0 Å². The van der Waals surface area contributed by atoms with Crippen molar-refractivity contribution in [1.29, 1.82) is 0 Å². The third-order valence-corrected chi connectivity index (χ3v) is 3.70. The highest BCUT2D eigenvalue weighted by molar-refractivity contribution is 6.53. The molecule has 2 rings (SSSR count). The van der Waals surface area contributed by atoms with E-state index in [4.69, 9.17) is 39.9 Å². The number of carboxylic acids is 1. The molecule has 5 heteroatoms. The maximum absolute atomic E-state index is 10.8. The molecule has 0 heterocycles. The summed E-state index contributed by atoms with van der Waals surface area (Å²) in [5.41, 5.74) is 0.764. The van der Waals surface area contributed by atoms with Gasteiger partial charge in [-0.3, -0.25) is 4.79 Å². The Kier molecular flexibility index (Phi) is 2.61. The highest BCUT2D eigenvalue weighted by Crippen LogP contribution is 2.65. The van der Waals surface area contributed by atoms with Gasteiger partial charge in [0, 0.05) is 10.9 Å². The molecule has 1 aromatic rings. The predicted octanol–water partition coefficient (Wildman–Crippen LogP) is 3.31. The van der Waals surface area contributed by atoms with E-state index in [1.54, 1.807) is 24.3 Å². The highest BCUT2D eigenvalue weighted by Gasteiger charge is 2.68. The van der Waals surface area contributed by atoms with Crippen molar-refractivity contribution < 1.29 is 9.90 Å². The quantitative estimate of drug-likeness (QED) is 0.833. The minimum Gasteiger partial charge on any atom is -0.481 e. The van der Waals surface area contributed by atoms with Crippen molar-refractivity contribution in [3.05, 3.63) is 34.9 Å². The maximum atomic E-state index is 10.8. The summed E-state index contributed by atoms with van der Waals surface area (Å²) in [6.45, 7) is 0. The Morgan fingerprint density at radius 1 is 1.40 bits per heavy atom. The summed E-state index contributed by atoms with van der Waals surface area (Å²) in [6, 6.07) is 6.93. The average molecular weight is 266 g/mol. The molecule has 1 aromatic carbocycles. The minimum absolute atomic E-state index is 0.378. The summed E-state index contributed by atoms with van der Waals surface area (Å²) in [5, 5.41) is 9.44. The van der Waals surface area contributed by atoms with Crippen LogP contribution in [-0.4, -0.2) is 15.4 Å². The van der Waals surface area contributed by atoms with Crippen LogP contribution in [-0.2, 0) is 4.79 Å². The Morgan fingerprint density at radius 3 is 2.53 bits per heavy atom. The molecule has 1 fully saturated rings. The number of carboxylic acid groups (broad SMARTS) is 1. The molecule has 80 valence electrons. The second-order valence-corrected chi connectivity index (χ2v) is 5.40. The number of hydrogen-bond acceptors (Lipinski definition) is 1. The molecule has 1 aliphatic carbocycles. The van der Waals surface area contributed by atoms with E-state index < -0.39 is 16.2 Å². The zero-order chi connectivity index (χ0) is 11.2. The molecule has 0 aromatic heterocycles. The number of benzene rings is 1. The molecule has 0 radical (unpaired) electrons. The summed E-state index contributed by atoms with van der Waals surface area (Å²) in [4.78, 5) is 10.8. The van der Waals surface area contributed by atoms with Crippen molar-refractivity contribution in [2.24, 2.45) is 5.92 Å². The van der Waals surface area contributed by atoms with Crippen molar-refractivity contribution in [3.63, 3.8) is 0 Å². The molecule has 0 unspecified atom stereocenters. The SMILES string of the molecule is O=C(O)[C@H]1[C@H](c2cccc(Cl)c2)C1(Cl)Cl. The van der Waals surface area contributed by atoms with E-state index in [-0.39, 0.29) is 5.92 Å². The first-order chi connectivity index (χ1) is 6.94. The summed E-state index contributed by atoms with van der Waals surface area (Å²) < 4.78 is -1.21. The fourth-order valence-corrected chi connectivity index (χ4v) is 2.76. The molecular weight excluding hydrogens is 258 g/mol. The number of rotatable bonds is 2. The molecule has 15 heavy (non-hydrogen) atoms. The van der Waals surface area contributed by atoms with Crippen LogP contribution in [0.1, 0.15) is 11.5 Å². The van der Waals surface area contributed by atoms with Gasteiger partial charge in [0.15, 0.2) is 0 Å². The van der Waals surface area contributed by atoms with Crippen LogP contribution in [0.15, 0.2) is 24.3 Å². The Hall–Kier alpha value is -0.440. The Bertz CT molecular complexity index is 417. The fraction of sp³-hybridized carbons (Fsp3) is 0.300. The van der Waals surface area contributed by atoms with Gasteiger partial charge in [0.25, 0.3) is 0 Å². The lowest BCUT2D eigenvalue weighted by atomic mass is 10.1. The van der Waals surface area contributed by atoms with Gasteiger partial charge in [-0.1, -0.05) is 46.9 Å². The Morgan fingerprint density at radius 2 is 2.07 bits per heavy atom. The lowest BCUT2D eigenvalue weighted by Gasteiger charge is -1.99. The minimum atomic E-state index is -1.21. The van der Waals surface area contributed by atoms with Crippen molar-refractivity contribution >= 4 is 40.8 Å². The van der Waals surface area contributed by atoms with Gasteiger partial charge in [0.05, 0.1) is 5.92 Å². The van der Waals surface area contributed by atoms with Crippen molar-refractivity contribution in [3.8, 4) is 0 Å². The molecule has 0 spiro atoms. The zero-order valence-corrected chi connectivity index (χ0v) is 9.72. The topological polar surface area (TPSA) is 37.3 Å². The van der Waals surface area contributed by atoms with E-state index >= 15 is 0 Å². The molecule has 0 bridgehead atoms. The third-order valence-electron chi connectivity index (χ3n) is 2.53. The first kappa shape index (κ1) is 11.1. The summed E-state index contributed by atoms with van der Waals surface area (Å²) in [5.74, 6) is -2.11. The summed E-state index contributed by atoms with van der Waals surface area (Å²) in [6.07, 6.45) is 0. The molecule has 1 saturated carbocycles. The van der Waals surface area contributed by atoms with Crippen LogP contribution in [0.5, 0.6) is 0 Å². The first-order valence-corrected chi connectivity index (χ1v) is 5.44. The van der Waals surface area contributed by atoms with E-state index in [2.05, 4.69) is 0 Å². The molecular formula is C10H7Cl3O2. The van der Waals surface area contributed by atoms with Crippen molar-refractivity contribution in [2.45, 2.75) is 10.3 Å². The second kappa shape index (κ2) is 3.55. The van der Waals surface area contributed by atoms with Gasteiger partial charge in [0.1, 0.15) is 4.33 Å². The lowest BCUT2D eigenvalue weighted by molar-refractivity contribution is -0.138. The number of carbonyl (C=O) groups is 1. The third kappa shape index (κ3) is 1.82. The largest absolute Gasteiger partial charge is 0.481 e. The average Bonchev–Trinajstić information content (AvgIpc) is 2.69. The summed E-state index contributed by atoms with van der Waals surface area (Å²) >= 11 is 17.6. The first-order valence-electron chi connectivity index (χ1n) is 4.30. The van der Waals surface area contributed by atoms with Crippen molar-refractivity contribution in [1.82, 2.24) is 0 Å².